The number of carbonyl (C=O) groups is 1. The Morgan fingerprint density at radius 2 is 2.00 bits per heavy atom. The monoisotopic (exact) mass is 241 g/mol. The number of amidine groups is 1. The van der Waals surface area contributed by atoms with Crippen molar-refractivity contribution >= 4 is 11.9 Å². The van der Waals surface area contributed by atoms with Gasteiger partial charge in [0, 0.05) is 19.4 Å². The van der Waals surface area contributed by atoms with E-state index in [4.69, 9.17) is 5.73 Å². The lowest BCUT2D eigenvalue weighted by molar-refractivity contribution is 0.184. The van der Waals surface area contributed by atoms with E-state index in [-0.39, 0.29) is 6.03 Å². The lowest BCUT2D eigenvalue weighted by Crippen LogP contribution is -2.55. The Balaban J connectivity index is 2.03. The van der Waals surface area contributed by atoms with Gasteiger partial charge in [0.25, 0.3) is 0 Å². The lowest BCUT2D eigenvalue weighted by Gasteiger charge is -2.33. The van der Waals surface area contributed by atoms with Crippen LogP contribution in [0.1, 0.15) is 11.1 Å². The predicted octanol–water partition coefficient (Wildman–Crippen LogP) is 1.50. The van der Waals surface area contributed by atoms with E-state index in [9.17, 15) is 4.79 Å². The third-order valence-electron chi connectivity index (χ3n) is 3.84. The molecule has 0 saturated carbocycles. The molecule has 0 unspecified atom stereocenters. The zero-order valence-corrected chi connectivity index (χ0v) is 10.1. The van der Waals surface area contributed by atoms with E-state index >= 15 is 0 Å². The van der Waals surface area contributed by atoms with Crippen LogP contribution in [0.15, 0.2) is 41.9 Å². The molecule has 0 fully saturated rings. The molecular weight excluding hydrogens is 226 g/mol. The molecule has 0 saturated heterocycles. The average Bonchev–Trinajstić information content (AvgIpc) is 2.84. The van der Waals surface area contributed by atoms with E-state index in [0.717, 1.165) is 12.8 Å². The Morgan fingerprint density at radius 1 is 1.39 bits per heavy atom. The number of hydrogen-bond donors (Lipinski definition) is 1. The fraction of sp³-hybridized carbons (Fsp3) is 0.286. The molecule has 0 aromatic heterocycles. The molecule has 0 atom stereocenters. The Hall–Kier alpha value is -2.10. The van der Waals surface area contributed by atoms with Gasteiger partial charge in [-0.1, -0.05) is 30.3 Å². The summed E-state index contributed by atoms with van der Waals surface area (Å²) in [6.45, 7) is 4.18. The molecule has 3 rings (SSSR count). The summed E-state index contributed by atoms with van der Waals surface area (Å²) in [5, 5.41) is 0. The predicted molar refractivity (Wildman–Crippen MR) is 70.5 cm³/mol. The van der Waals surface area contributed by atoms with Crippen LogP contribution in [0.3, 0.4) is 0 Å². The van der Waals surface area contributed by atoms with Gasteiger partial charge in [0.2, 0.25) is 0 Å². The van der Waals surface area contributed by atoms with Gasteiger partial charge in [-0.25, -0.2) is 4.79 Å². The van der Waals surface area contributed by atoms with E-state index in [0.29, 0.717) is 12.4 Å². The van der Waals surface area contributed by atoms with Crippen molar-refractivity contribution < 1.29 is 4.79 Å². The SMILES string of the molecule is C=CCN1C(=O)N=C(N)C12Cc1ccccc1C2. The molecule has 0 bridgehead atoms. The summed E-state index contributed by atoms with van der Waals surface area (Å²) in [6.07, 6.45) is 3.22. The molecule has 1 aromatic rings. The molecule has 92 valence electrons. The second-order valence-corrected chi connectivity index (χ2v) is 4.83. The fourth-order valence-electron chi connectivity index (χ4n) is 2.94. The molecule has 0 radical (unpaired) electrons. The van der Waals surface area contributed by atoms with Crippen molar-refractivity contribution in [3.63, 3.8) is 0 Å². The average molecular weight is 241 g/mol. The van der Waals surface area contributed by atoms with Crippen LogP contribution in [-0.4, -0.2) is 28.9 Å². The third kappa shape index (κ3) is 1.32. The van der Waals surface area contributed by atoms with Crippen LogP contribution in [0, 0.1) is 0 Å². The minimum atomic E-state index is -0.463. The van der Waals surface area contributed by atoms with E-state index in [2.05, 4.69) is 23.7 Å². The number of nitrogens with zero attached hydrogens (tertiary/aromatic N) is 2. The number of hydrogen-bond acceptors (Lipinski definition) is 2. The molecule has 1 spiro atoms. The van der Waals surface area contributed by atoms with E-state index < -0.39 is 5.54 Å². The van der Waals surface area contributed by atoms with Gasteiger partial charge in [-0.3, -0.25) is 0 Å². The van der Waals surface area contributed by atoms with Crippen LogP contribution in [0.25, 0.3) is 0 Å². The first-order chi connectivity index (χ1) is 8.67. The van der Waals surface area contributed by atoms with Gasteiger partial charge in [-0.2, -0.15) is 4.99 Å². The van der Waals surface area contributed by atoms with Gasteiger partial charge in [-0.15, -0.1) is 6.58 Å². The molecule has 2 N–H and O–H groups in total. The van der Waals surface area contributed by atoms with Crippen molar-refractivity contribution in [1.29, 1.82) is 0 Å². The number of nitrogens with two attached hydrogens (primary N) is 1. The molecule has 1 aliphatic heterocycles. The minimum absolute atomic E-state index is 0.250. The first-order valence-corrected chi connectivity index (χ1v) is 6.01. The summed E-state index contributed by atoms with van der Waals surface area (Å²) in [6, 6.07) is 7.96. The summed E-state index contributed by atoms with van der Waals surface area (Å²) in [7, 11) is 0. The molecule has 1 heterocycles. The van der Waals surface area contributed by atoms with Gasteiger partial charge < -0.3 is 10.6 Å². The Labute approximate surface area is 106 Å². The van der Waals surface area contributed by atoms with Crippen molar-refractivity contribution in [2.45, 2.75) is 18.4 Å². The largest absolute Gasteiger partial charge is 0.385 e. The van der Waals surface area contributed by atoms with E-state index in [1.807, 2.05) is 12.1 Å². The summed E-state index contributed by atoms with van der Waals surface area (Å²) >= 11 is 0. The Morgan fingerprint density at radius 3 is 2.56 bits per heavy atom. The van der Waals surface area contributed by atoms with Gasteiger partial charge in [0.1, 0.15) is 11.4 Å². The zero-order valence-electron chi connectivity index (χ0n) is 10.1. The Bertz CT molecular complexity index is 537. The van der Waals surface area contributed by atoms with Crippen molar-refractivity contribution in [2.24, 2.45) is 10.7 Å². The van der Waals surface area contributed by atoms with E-state index in [1.165, 1.54) is 11.1 Å². The van der Waals surface area contributed by atoms with Gasteiger partial charge in [-0.05, 0) is 11.1 Å². The van der Waals surface area contributed by atoms with Crippen molar-refractivity contribution in [3.05, 3.63) is 48.0 Å². The van der Waals surface area contributed by atoms with E-state index in [1.54, 1.807) is 11.0 Å². The molecule has 1 aliphatic carbocycles. The number of aliphatic imine (C=N–C) groups is 1. The molecule has 1 aromatic carbocycles. The summed E-state index contributed by atoms with van der Waals surface area (Å²) in [5.41, 5.74) is 8.05. The van der Waals surface area contributed by atoms with Crippen LogP contribution >= 0.6 is 0 Å². The summed E-state index contributed by atoms with van der Waals surface area (Å²) in [5.74, 6) is 0.436. The number of rotatable bonds is 2. The van der Waals surface area contributed by atoms with Crippen LogP contribution in [0.5, 0.6) is 0 Å². The van der Waals surface area contributed by atoms with Crippen molar-refractivity contribution in [1.82, 2.24) is 4.90 Å². The first kappa shape index (κ1) is 11.0. The number of amides is 2. The number of carbonyl (C=O) groups excluding carboxylic acids is 1. The molecule has 2 aliphatic rings. The third-order valence-corrected chi connectivity index (χ3v) is 3.84. The standard InChI is InChI=1S/C14H15N3O/c1-2-7-17-13(18)16-12(15)14(17)8-10-5-3-4-6-11(10)9-14/h2-6H,1,7-9H2,(H2,15,16,18). The fourth-order valence-corrected chi connectivity index (χ4v) is 2.94. The van der Waals surface area contributed by atoms with Crippen LogP contribution in [0.4, 0.5) is 4.79 Å². The van der Waals surface area contributed by atoms with Crippen LogP contribution in [-0.2, 0) is 12.8 Å². The van der Waals surface area contributed by atoms with Gasteiger partial charge in [0.05, 0.1) is 0 Å². The molecule has 2 amide bonds. The highest BCUT2D eigenvalue weighted by molar-refractivity contribution is 6.06. The van der Waals surface area contributed by atoms with Crippen molar-refractivity contribution in [2.75, 3.05) is 6.54 Å². The van der Waals surface area contributed by atoms with Crippen LogP contribution < -0.4 is 5.73 Å². The molecule has 18 heavy (non-hydrogen) atoms. The van der Waals surface area contributed by atoms with Crippen molar-refractivity contribution in [3.8, 4) is 0 Å². The quantitative estimate of drug-likeness (QED) is 0.798. The lowest BCUT2D eigenvalue weighted by atomic mass is 9.93. The van der Waals surface area contributed by atoms with Gasteiger partial charge >= 0.3 is 6.03 Å². The highest BCUT2D eigenvalue weighted by atomic mass is 16.2. The summed E-state index contributed by atoms with van der Waals surface area (Å²) in [4.78, 5) is 17.6. The zero-order chi connectivity index (χ0) is 12.8. The summed E-state index contributed by atoms with van der Waals surface area (Å²) < 4.78 is 0. The number of benzene rings is 1. The molecular formula is C14H15N3O. The number of urea groups is 1. The second-order valence-electron chi connectivity index (χ2n) is 4.83. The first-order valence-electron chi connectivity index (χ1n) is 6.01. The molecule has 4 nitrogen and oxygen atoms in total. The second kappa shape index (κ2) is 3.70. The topological polar surface area (TPSA) is 58.7 Å². The maximum absolute atomic E-state index is 11.9. The normalized spacial score (nSPS) is 20.1. The number of fused-ring (bicyclic) bond motifs is 1. The van der Waals surface area contributed by atoms with Gasteiger partial charge in [0.15, 0.2) is 0 Å². The molecule has 4 heteroatoms. The minimum Gasteiger partial charge on any atom is -0.385 e. The maximum atomic E-state index is 11.9. The smallest absolute Gasteiger partial charge is 0.346 e. The Kier molecular flexibility index (Phi) is 2.26. The van der Waals surface area contributed by atoms with Crippen LogP contribution in [0.2, 0.25) is 0 Å². The highest BCUT2D eigenvalue weighted by Crippen LogP contribution is 2.38. The highest BCUT2D eigenvalue weighted by Gasteiger charge is 2.51. The maximum Gasteiger partial charge on any atom is 0.346 e.